The molecule has 3 aromatic rings. The Balaban J connectivity index is 1.60. The number of furan rings is 1. The number of carbonyl (C=O) groups excluding carboxylic acids is 2. The minimum Gasteiger partial charge on any atom is -0.459 e. The average Bonchev–Trinajstić information content (AvgIpc) is 3.02. The van der Waals surface area contributed by atoms with E-state index >= 15 is 0 Å². The number of primary amides is 1. The first-order chi connectivity index (χ1) is 14.2. The fourth-order valence-electron chi connectivity index (χ4n) is 3.33. The van der Waals surface area contributed by atoms with Gasteiger partial charge in [0.15, 0.2) is 0 Å². The van der Waals surface area contributed by atoms with Gasteiger partial charge in [-0.05, 0) is 56.2 Å². The van der Waals surface area contributed by atoms with E-state index in [-0.39, 0.29) is 24.6 Å². The van der Waals surface area contributed by atoms with Gasteiger partial charge in [-0.2, -0.15) is 0 Å². The molecule has 8 heteroatoms. The number of hydrogen-bond acceptors (Lipinski definition) is 3. The Hall–Kier alpha value is -3.42. The maximum absolute atomic E-state index is 13.5. The summed E-state index contributed by atoms with van der Waals surface area (Å²) in [5, 5.41) is 6.02. The molecule has 2 atom stereocenters. The lowest BCUT2D eigenvalue weighted by Crippen LogP contribution is -2.42. The van der Waals surface area contributed by atoms with E-state index in [1.807, 2.05) is 0 Å². The highest BCUT2D eigenvalue weighted by atomic mass is 19.1. The Kier molecular flexibility index (Phi) is 6.34. The van der Waals surface area contributed by atoms with E-state index in [2.05, 4.69) is 10.6 Å². The van der Waals surface area contributed by atoms with Gasteiger partial charge in [-0.1, -0.05) is 12.1 Å². The molecule has 0 radical (unpaired) electrons. The van der Waals surface area contributed by atoms with Crippen LogP contribution < -0.4 is 16.4 Å². The zero-order chi connectivity index (χ0) is 21.8. The predicted octanol–water partition coefficient (Wildman–Crippen LogP) is 3.72. The molecule has 3 rings (SSSR count). The minimum absolute atomic E-state index is 0.0234. The largest absolute Gasteiger partial charge is 0.459 e. The number of fused-ring (bicyclic) bond motifs is 1. The van der Waals surface area contributed by atoms with Gasteiger partial charge in [0.05, 0.1) is 12.0 Å². The Morgan fingerprint density at radius 1 is 1.10 bits per heavy atom. The lowest BCUT2D eigenvalue weighted by atomic mass is 9.98. The molecule has 3 amide bonds. The van der Waals surface area contributed by atoms with Gasteiger partial charge in [0.1, 0.15) is 23.0 Å². The molecule has 0 bridgehead atoms. The topological polar surface area (TPSA) is 97.4 Å². The van der Waals surface area contributed by atoms with Crippen molar-refractivity contribution in [3.8, 4) is 0 Å². The number of aryl methyl sites for hydroxylation is 1. The lowest BCUT2D eigenvalue weighted by molar-refractivity contribution is -0.121. The van der Waals surface area contributed by atoms with Gasteiger partial charge in [0.25, 0.3) is 0 Å². The molecule has 0 aliphatic rings. The number of amides is 3. The number of rotatable bonds is 7. The van der Waals surface area contributed by atoms with Crippen LogP contribution in [0.5, 0.6) is 0 Å². The van der Waals surface area contributed by atoms with Crippen LogP contribution in [0, 0.1) is 24.5 Å². The summed E-state index contributed by atoms with van der Waals surface area (Å²) in [6, 6.07) is 9.00. The molecule has 1 heterocycles. The molecule has 0 fully saturated rings. The summed E-state index contributed by atoms with van der Waals surface area (Å²) in [6.07, 6.45) is 0.277. The van der Waals surface area contributed by atoms with Gasteiger partial charge in [-0.25, -0.2) is 13.6 Å². The van der Waals surface area contributed by atoms with Crippen molar-refractivity contribution in [2.24, 2.45) is 11.7 Å². The molecule has 2 unspecified atom stereocenters. The molecule has 0 saturated heterocycles. The van der Waals surface area contributed by atoms with Gasteiger partial charge in [0, 0.05) is 17.5 Å². The van der Waals surface area contributed by atoms with Crippen molar-refractivity contribution in [2.45, 2.75) is 26.3 Å². The van der Waals surface area contributed by atoms with Crippen LogP contribution in [0.1, 0.15) is 29.9 Å². The van der Waals surface area contributed by atoms with Crippen molar-refractivity contribution in [3.05, 3.63) is 71.0 Å². The number of benzene rings is 2. The van der Waals surface area contributed by atoms with Crippen molar-refractivity contribution in [2.75, 3.05) is 6.54 Å². The summed E-state index contributed by atoms with van der Waals surface area (Å²) in [4.78, 5) is 24.0. The van der Waals surface area contributed by atoms with Gasteiger partial charge in [0.2, 0.25) is 5.91 Å². The summed E-state index contributed by atoms with van der Waals surface area (Å²) < 4.78 is 32.3. The summed E-state index contributed by atoms with van der Waals surface area (Å²) >= 11 is 0. The first kappa shape index (κ1) is 21.3. The highest BCUT2D eigenvalue weighted by molar-refractivity contribution is 5.83. The molecule has 2 aromatic carbocycles. The zero-order valence-electron chi connectivity index (χ0n) is 16.7. The van der Waals surface area contributed by atoms with Crippen molar-refractivity contribution in [1.82, 2.24) is 10.6 Å². The third-order valence-electron chi connectivity index (χ3n) is 4.98. The molecule has 158 valence electrons. The van der Waals surface area contributed by atoms with Crippen LogP contribution in [0.3, 0.4) is 0 Å². The number of nitrogens with two attached hydrogens (primary N) is 1. The van der Waals surface area contributed by atoms with Crippen LogP contribution in [0.2, 0.25) is 0 Å². The first-order valence-corrected chi connectivity index (χ1v) is 9.51. The number of hydrogen-bond donors (Lipinski definition) is 3. The normalized spacial score (nSPS) is 13.1. The SMILES string of the molecule is Cc1c(C(C)NC(=O)NCC(Cc2ccc(F)cc2)C(N)=O)oc2ccc(F)cc12. The van der Waals surface area contributed by atoms with E-state index in [9.17, 15) is 18.4 Å². The maximum atomic E-state index is 13.5. The minimum atomic E-state index is -0.646. The van der Waals surface area contributed by atoms with E-state index < -0.39 is 23.9 Å². The molecular weight excluding hydrogens is 392 g/mol. The highest BCUT2D eigenvalue weighted by Crippen LogP contribution is 2.29. The van der Waals surface area contributed by atoms with Gasteiger partial charge in [-0.3, -0.25) is 4.79 Å². The van der Waals surface area contributed by atoms with Crippen LogP contribution in [0.25, 0.3) is 11.0 Å². The Morgan fingerprint density at radius 3 is 2.43 bits per heavy atom. The molecule has 0 aliphatic carbocycles. The van der Waals surface area contributed by atoms with Gasteiger partial charge >= 0.3 is 6.03 Å². The third-order valence-corrected chi connectivity index (χ3v) is 4.98. The fourth-order valence-corrected chi connectivity index (χ4v) is 3.33. The standard InChI is InChI=1S/C22H23F2N3O3/c1-12-18-10-17(24)7-8-19(18)30-20(12)13(2)27-22(29)26-11-15(21(25)28)9-14-3-5-16(23)6-4-14/h3-8,10,13,15H,9,11H2,1-2H3,(H2,25,28)(H2,26,27,29). The van der Waals surface area contributed by atoms with Crippen LogP contribution >= 0.6 is 0 Å². The van der Waals surface area contributed by atoms with Crippen molar-refractivity contribution in [1.29, 1.82) is 0 Å². The Morgan fingerprint density at radius 2 is 1.77 bits per heavy atom. The summed E-state index contributed by atoms with van der Waals surface area (Å²) in [5.41, 5.74) is 7.45. The van der Waals surface area contributed by atoms with Crippen LogP contribution in [-0.4, -0.2) is 18.5 Å². The smallest absolute Gasteiger partial charge is 0.315 e. The van der Waals surface area contributed by atoms with Gasteiger partial charge in [-0.15, -0.1) is 0 Å². The number of carbonyl (C=O) groups is 2. The highest BCUT2D eigenvalue weighted by Gasteiger charge is 2.21. The monoisotopic (exact) mass is 415 g/mol. The Bertz CT molecular complexity index is 1060. The van der Waals surface area contributed by atoms with E-state index in [0.29, 0.717) is 16.7 Å². The second-order valence-electron chi connectivity index (χ2n) is 7.24. The average molecular weight is 415 g/mol. The fraction of sp³-hybridized carbons (Fsp3) is 0.273. The molecule has 0 aliphatic heterocycles. The lowest BCUT2D eigenvalue weighted by Gasteiger charge is -2.17. The Labute approximate surface area is 172 Å². The summed E-state index contributed by atoms with van der Waals surface area (Å²) in [5.74, 6) is -1.43. The molecule has 0 saturated carbocycles. The van der Waals surface area contributed by atoms with E-state index in [0.717, 1.165) is 11.1 Å². The zero-order valence-corrected chi connectivity index (χ0v) is 16.7. The molecule has 0 spiro atoms. The molecule has 4 N–H and O–H groups in total. The van der Waals surface area contributed by atoms with E-state index in [4.69, 9.17) is 10.2 Å². The van der Waals surface area contributed by atoms with Crippen molar-refractivity contribution >= 4 is 22.9 Å². The predicted molar refractivity (Wildman–Crippen MR) is 109 cm³/mol. The molecule has 6 nitrogen and oxygen atoms in total. The summed E-state index contributed by atoms with van der Waals surface area (Å²) in [6.45, 7) is 3.56. The van der Waals surface area contributed by atoms with Gasteiger partial charge < -0.3 is 20.8 Å². The third kappa shape index (κ3) is 4.94. The number of nitrogens with one attached hydrogen (secondary N) is 2. The number of urea groups is 1. The van der Waals surface area contributed by atoms with Crippen LogP contribution in [-0.2, 0) is 11.2 Å². The van der Waals surface area contributed by atoms with Crippen molar-refractivity contribution < 1.29 is 22.8 Å². The second-order valence-corrected chi connectivity index (χ2v) is 7.24. The summed E-state index contributed by atoms with van der Waals surface area (Å²) in [7, 11) is 0. The van der Waals surface area contributed by atoms with E-state index in [1.54, 1.807) is 32.0 Å². The molecule has 30 heavy (non-hydrogen) atoms. The van der Waals surface area contributed by atoms with Crippen molar-refractivity contribution in [3.63, 3.8) is 0 Å². The molecular formula is C22H23F2N3O3. The first-order valence-electron chi connectivity index (χ1n) is 9.51. The molecule has 1 aromatic heterocycles. The number of halogens is 2. The van der Waals surface area contributed by atoms with Crippen LogP contribution in [0.4, 0.5) is 13.6 Å². The van der Waals surface area contributed by atoms with Crippen LogP contribution in [0.15, 0.2) is 46.9 Å². The van der Waals surface area contributed by atoms with E-state index in [1.165, 1.54) is 24.3 Å². The quantitative estimate of drug-likeness (QED) is 0.549. The maximum Gasteiger partial charge on any atom is 0.315 e. The second kappa shape index (κ2) is 8.94.